The molecule has 4 N–H and O–H groups in total. The number of halogens is 2. The van der Waals surface area contributed by atoms with Crippen LogP contribution in [-0.4, -0.2) is 43.2 Å². The standard InChI is InChI=1S/C20H28ClFN4O3S2/c1-19(2,3)4-5-20(10-13(27)11-25-20)12-24-16-9-15(22)17(8-14(16)21)31(28,29)26-18-23-6-7-30-18/h6-9,13,24-25,27H,4-5,10-12H2,1-3H3,(H,23,26)/t13-,20-/m0/s1. The molecule has 0 saturated carbocycles. The quantitative estimate of drug-likeness (QED) is 0.445. The van der Waals surface area contributed by atoms with Crippen LogP contribution in [0.25, 0.3) is 0 Å². The number of nitrogens with one attached hydrogen (secondary N) is 3. The Kier molecular flexibility index (Phi) is 7.17. The monoisotopic (exact) mass is 490 g/mol. The van der Waals surface area contributed by atoms with Crippen LogP contribution in [0.5, 0.6) is 0 Å². The Balaban J connectivity index is 1.76. The molecule has 11 heteroatoms. The van der Waals surface area contributed by atoms with Gasteiger partial charge in [-0.25, -0.2) is 17.8 Å². The summed E-state index contributed by atoms with van der Waals surface area (Å²) in [5.41, 5.74) is 0.0708. The summed E-state index contributed by atoms with van der Waals surface area (Å²) in [6.07, 6.45) is 3.34. The highest BCUT2D eigenvalue weighted by Gasteiger charge is 2.38. The van der Waals surface area contributed by atoms with Gasteiger partial charge in [0.2, 0.25) is 0 Å². The number of sulfonamides is 1. The molecule has 2 heterocycles. The highest BCUT2D eigenvalue weighted by atomic mass is 35.5. The molecule has 1 aromatic carbocycles. The van der Waals surface area contributed by atoms with E-state index in [-0.39, 0.29) is 21.1 Å². The zero-order valence-corrected chi connectivity index (χ0v) is 20.1. The van der Waals surface area contributed by atoms with Crippen molar-refractivity contribution in [1.29, 1.82) is 0 Å². The lowest BCUT2D eigenvalue weighted by Crippen LogP contribution is -2.46. The van der Waals surface area contributed by atoms with Crippen LogP contribution in [0.4, 0.5) is 15.2 Å². The molecule has 172 valence electrons. The van der Waals surface area contributed by atoms with Crippen molar-refractivity contribution in [3.63, 3.8) is 0 Å². The number of thiazole rings is 1. The topological polar surface area (TPSA) is 103 Å². The van der Waals surface area contributed by atoms with Gasteiger partial charge in [-0.05, 0) is 36.8 Å². The van der Waals surface area contributed by atoms with Gasteiger partial charge in [-0.1, -0.05) is 32.4 Å². The van der Waals surface area contributed by atoms with E-state index in [0.717, 1.165) is 36.3 Å². The number of aliphatic hydroxyl groups excluding tert-OH is 1. The summed E-state index contributed by atoms with van der Waals surface area (Å²) in [6.45, 7) is 7.39. The van der Waals surface area contributed by atoms with Gasteiger partial charge in [0.1, 0.15) is 10.7 Å². The van der Waals surface area contributed by atoms with Crippen LogP contribution in [0.15, 0.2) is 28.6 Å². The molecule has 1 saturated heterocycles. The number of aliphatic hydroxyl groups is 1. The van der Waals surface area contributed by atoms with Gasteiger partial charge in [0.15, 0.2) is 5.13 Å². The van der Waals surface area contributed by atoms with Crippen molar-refractivity contribution in [3.8, 4) is 0 Å². The van der Waals surface area contributed by atoms with Gasteiger partial charge in [0.25, 0.3) is 10.0 Å². The van der Waals surface area contributed by atoms with Crippen molar-refractivity contribution in [2.75, 3.05) is 23.1 Å². The molecule has 0 unspecified atom stereocenters. The van der Waals surface area contributed by atoms with Gasteiger partial charge in [0, 0.05) is 30.2 Å². The molecule has 0 amide bonds. The van der Waals surface area contributed by atoms with Crippen molar-refractivity contribution in [2.24, 2.45) is 5.41 Å². The zero-order chi connectivity index (χ0) is 22.9. The van der Waals surface area contributed by atoms with E-state index >= 15 is 0 Å². The summed E-state index contributed by atoms with van der Waals surface area (Å²) in [4.78, 5) is 3.31. The van der Waals surface area contributed by atoms with Crippen LogP contribution in [0, 0.1) is 11.2 Å². The van der Waals surface area contributed by atoms with E-state index in [9.17, 15) is 17.9 Å². The number of hydrogen-bond donors (Lipinski definition) is 4. The second kappa shape index (κ2) is 9.19. The predicted octanol–water partition coefficient (Wildman–Crippen LogP) is 4.07. The lowest BCUT2D eigenvalue weighted by atomic mass is 9.82. The Bertz CT molecular complexity index is 1010. The van der Waals surface area contributed by atoms with Crippen LogP contribution in [0.3, 0.4) is 0 Å². The predicted molar refractivity (Wildman–Crippen MR) is 123 cm³/mol. The lowest BCUT2D eigenvalue weighted by molar-refractivity contribution is 0.179. The van der Waals surface area contributed by atoms with Gasteiger partial charge in [-0.15, -0.1) is 11.3 Å². The van der Waals surface area contributed by atoms with Gasteiger partial charge in [-0.3, -0.25) is 4.72 Å². The molecule has 3 rings (SSSR count). The second-order valence-corrected chi connectivity index (χ2v) is 12.1. The van der Waals surface area contributed by atoms with Crippen molar-refractivity contribution >= 4 is 43.8 Å². The SMILES string of the molecule is CC(C)(C)CC[C@@]1(CNc2cc(F)c(S(=O)(=O)Nc3nccs3)cc2Cl)C[C@H](O)CN1. The summed E-state index contributed by atoms with van der Waals surface area (Å²) >= 11 is 7.38. The molecule has 2 aromatic rings. The van der Waals surface area contributed by atoms with Crippen LogP contribution in [0.2, 0.25) is 5.02 Å². The Morgan fingerprint density at radius 3 is 2.74 bits per heavy atom. The zero-order valence-electron chi connectivity index (χ0n) is 17.7. The molecule has 0 spiro atoms. The number of aromatic nitrogens is 1. The highest BCUT2D eigenvalue weighted by molar-refractivity contribution is 7.93. The molecule has 2 atom stereocenters. The molecule has 1 aliphatic rings. The average Bonchev–Trinajstić information content (AvgIpc) is 3.29. The molecule has 1 fully saturated rings. The number of β-amino-alcohol motifs (C(OH)–C–C–N with tert-alkyl or cyclic N) is 1. The van der Waals surface area contributed by atoms with E-state index in [2.05, 4.69) is 41.1 Å². The molecule has 0 aliphatic carbocycles. The number of benzene rings is 1. The first-order valence-corrected chi connectivity index (χ1v) is 12.7. The maximum Gasteiger partial charge on any atom is 0.266 e. The number of rotatable bonds is 8. The highest BCUT2D eigenvalue weighted by Crippen LogP contribution is 2.34. The van der Waals surface area contributed by atoms with E-state index in [0.29, 0.717) is 25.2 Å². The van der Waals surface area contributed by atoms with Gasteiger partial charge in [-0.2, -0.15) is 0 Å². The van der Waals surface area contributed by atoms with Crippen molar-refractivity contribution in [3.05, 3.63) is 34.5 Å². The molecule has 1 aliphatic heterocycles. The molecule has 0 radical (unpaired) electrons. The first-order valence-electron chi connectivity index (χ1n) is 9.98. The number of nitrogens with zero attached hydrogens (tertiary/aromatic N) is 1. The lowest BCUT2D eigenvalue weighted by Gasteiger charge is -2.33. The minimum Gasteiger partial charge on any atom is -0.392 e. The molecule has 1 aromatic heterocycles. The third-order valence-corrected chi connectivity index (χ3v) is 7.76. The minimum absolute atomic E-state index is 0.0884. The Morgan fingerprint density at radius 1 is 1.42 bits per heavy atom. The van der Waals surface area contributed by atoms with Gasteiger partial charge >= 0.3 is 0 Å². The largest absolute Gasteiger partial charge is 0.392 e. The van der Waals surface area contributed by atoms with Crippen LogP contribution >= 0.6 is 22.9 Å². The fraction of sp³-hybridized carbons (Fsp3) is 0.550. The Hall–Kier alpha value is -1.46. The van der Waals surface area contributed by atoms with E-state index in [1.165, 1.54) is 6.20 Å². The fourth-order valence-electron chi connectivity index (χ4n) is 3.54. The maximum absolute atomic E-state index is 14.7. The smallest absolute Gasteiger partial charge is 0.266 e. The molecular formula is C20H28ClFN4O3S2. The minimum atomic E-state index is -4.16. The van der Waals surface area contributed by atoms with E-state index in [4.69, 9.17) is 11.6 Å². The summed E-state index contributed by atoms with van der Waals surface area (Å²) in [6, 6.07) is 2.18. The summed E-state index contributed by atoms with van der Waals surface area (Å²) in [5.74, 6) is -0.917. The maximum atomic E-state index is 14.7. The van der Waals surface area contributed by atoms with Gasteiger partial charge in [0.05, 0.1) is 16.8 Å². The van der Waals surface area contributed by atoms with E-state index in [1.807, 2.05) is 0 Å². The van der Waals surface area contributed by atoms with E-state index < -0.39 is 26.8 Å². The molecule has 31 heavy (non-hydrogen) atoms. The van der Waals surface area contributed by atoms with Crippen LogP contribution < -0.4 is 15.4 Å². The Labute approximate surface area is 191 Å². The normalized spacial score (nSPS) is 21.9. The van der Waals surface area contributed by atoms with Crippen LogP contribution in [-0.2, 0) is 10.0 Å². The third-order valence-electron chi connectivity index (χ3n) is 5.27. The van der Waals surface area contributed by atoms with Crippen molar-refractivity contribution in [2.45, 2.75) is 56.6 Å². The summed E-state index contributed by atoms with van der Waals surface area (Å²) in [7, 11) is -4.16. The molecule has 7 nitrogen and oxygen atoms in total. The van der Waals surface area contributed by atoms with Crippen molar-refractivity contribution in [1.82, 2.24) is 10.3 Å². The molecular weight excluding hydrogens is 463 g/mol. The molecule has 0 bridgehead atoms. The first-order chi connectivity index (χ1) is 14.4. The van der Waals surface area contributed by atoms with Gasteiger partial charge < -0.3 is 15.7 Å². The number of hydrogen-bond acceptors (Lipinski definition) is 7. The summed E-state index contributed by atoms with van der Waals surface area (Å²) < 4.78 is 42.0. The average molecular weight is 491 g/mol. The Morgan fingerprint density at radius 2 is 2.16 bits per heavy atom. The number of anilines is 2. The van der Waals surface area contributed by atoms with E-state index in [1.54, 1.807) is 5.38 Å². The summed E-state index contributed by atoms with van der Waals surface area (Å²) in [5, 5.41) is 18.5. The second-order valence-electron chi connectivity index (χ2n) is 9.14. The first kappa shape index (κ1) is 24.2. The van der Waals surface area contributed by atoms with Crippen molar-refractivity contribution < 1.29 is 17.9 Å². The fourth-order valence-corrected chi connectivity index (χ4v) is 5.71. The third kappa shape index (κ3) is 6.29. The van der Waals surface area contributed by atoms with Crippen LogP contribution in [0.1, 0.15) is 40.0 Å².